The van der Waals surface area contributed by atoms with Crippen LogP contribution in [0.3, 0.4) is 0 Å². The first-order valence-electron chi connectivity index (χ1n) is 6.63. The van der Waals surface area contributed by atoms with Crippen LogP contribution in [0, 0.1) is 0 Å². The SMILES string of the molecule is CC(=O)OC(C)(Cl)c1ccc(OCc2ccccc2)cc1. The topological polar surface area (TPSA) is 35.5 Å². The maximum atomic E-state index is 11.0. The normalized spacial score (nSPS) is 13.3. The molecule has 0 fully saturated rings. The lowest BCUT2D eigenvalue weighted by Gasteiger charge is -2.22. The maximum Gasteiger partial charge on any atom is 0.304 e. The van der Waals surface area contributed by atoms with Crippen molar-refractivity contribution in [3.8, 4) is 5.75 Å². The van der Waals surface area contributed by atoms with Gasteiger partial charge >= 0.3 is 5.97 Å². The molecular weight excluding hydrogens is 288 g/mol. The molecule has 1 atom stereocenters. The van der Waals surface area contributed by atoms with E-state index in [4.69, 9.17) is 21.1 Å². The molecule has 0 radical (unpaired) electrons. The lowest BCUT2D eigenvalue weighted by atomic mass is 10.1. The van der Waals surface area contributed by atoms with Crippen LogP contribution in [0.25, 0.3) is 0 Å². The second-order valence-electron chi connectivity index (χ2n) is 4.81. The van der Waals surface area contributed by atoms with Crippen molar-refractivity contribution in [1.82, 2.24) is 0 Å². The highest BCUT2D eigenvalue weighted by molar-refractivity contribution is 6.23. The van der Waals surface area contributed by atoms with Gasteiger partial charge in [-0.25, -0.2) is 0 Å². The quantitative estimate of drug-likeness (QED) is 0.612. The van der Waals surface area contributed by atoms with Gasteiger partial charge in [-0.3, -0.25) is 4.79 Å². The van der Waals surface area contributed by atoms with Gasteiger partial charge in [0.1, 0.15) is 12.4 Å². The van der Waals surface area contributed by atoms with Gasteiger partial charge in [-0.2, -0.15) is 0 Å². The molecule has 2 aromatic rings. The fourth-order valence-electron chi connectivity index (χ4n) is 1.92. The van der Waals surface area contributed by atoms with Crippen LogP contribution in [-0.2, 0) is 21.2 Å². The number of halogens is 1. The summed E-state index contributed by atoms with van der Waals surface area (Å²) in [5.41, 5.74) is 1.80. The second kappa shape index (κ2) is 6.64. The van der Waals surface area contributed by atoms with Gasteiger partial charge in [-0.1, -0.05) is 54.1 Å². The van der Waals surface area contributed by atoms with Crippen LogP contribution in [0.1, 0.15) is 25.0 Å². The Morgan fingerprint density at radius 2 is 1.71 bits per heavy atom. The molecule has 2 aromatic carbocycles. The van der Waals surface area contributed by atoms with Crippen molar-refractivity contribution < 1.29 is 14.3 Å². The van der Waals surface area contributed by atoms with Crippen molar-refractivity contribution in [2.45, 2.75) is 25.5 Å². The minimum atomic E-state index is -1.16. The van der Waals surface area contributed by atoms with E-state index in [2.05, 4.69) is 0 Å². The van der Waals surface area contributed by atoms with Crippen LogP contribution in [-0.4, -0.2) is 5.97 Å². The van der Waals surface area contributed by atoms with E-state index >= 15 is 0 Å². The van der Waals surface area contributed by atoms with Crippen LogP contribution >= 0.6 is 11.6 Å². The predicted molar refractivity (Wildman–Crippen MR) is 82.2 cm³/mol. The number of ether oxygens (including phenoxy) is 2. The number of carbonyl (C=O) groups is 1. The molecule has 0 saturated carbocycles. The third kappa shape index (κ3) is 4.50. The molecule has 0 aliphatic rings. The molecule has 4 heteroatoms. The van der Waals surface area contributed by atoms with Crippen LogP contribution in [0.2, 0.25) is 0 Å². The fraction of sp³-hybridized carbons (Fsp3) is 0.235. The van der Waals surface area contributed by atoms with Gasteiger partial charge < -0.3 is 9.47 Å². The van der Waals surface area contributed by atoms with E-state index in [9.17, 15) is 4.79 Å². The molecule has 0 aliphatic heterocycles. The van der Waals surface area contributed by atoms with E-state index in [1.54, 1.807) is 19.1 Å². The Hall–Kier alpha value is -2.00. The highest BCUT2D eigenvalue weighted by atomic mass is 35.5. The van der Waals surface area contributed by atoms with E-state index < -0.39 is 11.0 Å². The van der Waals surface area contributed by atoms with Gasteiger partial charge in [0, 0.05) is 12.5 Å². The van der Waals surface area contributed by atoms with Gasteiger partial charge in [-0.05, 0) is 24.6 Å². The molecule has 3 nitrogen and oxygen atoms in total. The van der Waals surface area contributed by atoms with Crippen LogP contribution < -0.4 is 4.74 Å². The van der Waals surface area contributed by atoms with Gasteiger partial charge in [0.25, 0.3) is 0 Å². The molecule has 110 valence electrons. The molecule has 0 heterocycles. The number of rotatable bonds is 5. The Kier molecular flexibility index (Phi) is 4.86. The molecule has 2 rings (SSSR count). The average Bonchev–Trinajstić information content (AvgIpc) is 2.45. The summed E-state index contributed by atoms with van der Waals surface area (Å²) < 4.78 is 10.8. The smallest absolute Gasteiger partial charge is 0.304 e. The second-order valence-corrected chi connectivity index (χ2v) is 5.53. The summed E-state index contributed by atoms with van der Waals surface area (Å²) in [5, 5.41) is -1.16. The van der Waals surface area contributed by atoms with E-state index in [0.29, 0.717) is 12.2 Å². The number of hydrogen-bond acceptors (Lipinski definition) is 3. The molecule has 0 bridgehead atoms. The number of alkyl halides is 1. The number of hydrogen-bond donors (Lipinski definition) is 0. The minimum absolute atomic E-state index is 0.420. The number of esters is 1. The van der Waals surface area contributed by atoms with Crippen molar-refractivity contribution in [3.05, 3.63) is 65.7 Å². The van der Waals surface area contributed by atoms with Crippen molar-refractivity contribution in [1.29, 1.82) is 0 Å². The summed E-state index contributed by atoms with van der Waals surface area (Å²) in [7, 11) is 0. The molecule has 0 N–H and O–H groups in total. The zero-order valence-electron chi connectivity index (χ0n) is 12.0. The average molecular weight is 305 g/mol. The zero-order valence-corrected chi connectivity index (χ0v) is 12.8. The Labute approximate surface area is 129 Å². The highest BCUT2D eigenvalue weighted by Gasteiger charge is 2.26. The molecule has 21 heavy (non-hydrogen) atoms. The third-order valence-corrected chi connectivity index (χ3v) is 3.25. The Bertz CT molecular complexity index is 591. The standard InChI is InChI=1S/C17H17ClO3/c1-13(19)21-17(2,18)15-8-10-16(11-9-15)20-12-14-6-4-3-5-7-14/h3-11H,12H2,1-2H3. The minimum Gasteiger partial charge on any atom is -0.489 e. The molecule has 0 saturated heterocycles. The van der Waals surface area contributed by atoms with E-state index in [0.717, 1.165) is 11.3 Å². The molecular formula is C17H17ClO3. The molecule has 1 unspecified atom stereocenters. The van der Waals surface area contributed by atoms with Gasteiger partial charge in [-0.15, -0.1) is 0 Å². The first kappa shape index (κ1) is 15.4. The van der Waals surface area contributed by atoms with Crippen molar-refractivity contribution in [2.24, 2.45) is 0 Å². The Morgan fingerprint density at radius 3 is 2.29 bits per heavy atom. The Balaban J connectivity index is 2.00. The van der Waals surface area contributed by atoms with Gasteiger partial charge in [0.15, 0.2) is 0 Å². The highest BCUT2D eigenvalue weighted by Crippen LogP contribution is 2.31. The third-order valence-electron chi connectivity index (χ3n) is 2.95. The first-order valence-corrected chi connectivity index (χ1v) is 7.01. The fourth-order valence-corrected chi connectivity index (χ4v) is 2.15. The van der Waals surface area contributed by atoms with Crippen LogP contribution in [0.15, 0.2) is 54.6 Å². The lowest BCUT2D eigenvalue weighted by Crippen LogP contribution is -2.21. The number of carbonyl (C=O) groups excluding carboxylic acids is 1. The van der Waals surface area contributed by atoms with E-state index in [1.807, 2.05) is 42.5 Å². The summed E-state index contributed by atoms with van der Waals surface area (Å²) in [6.07, 6.45) is 0. The summed E-state index contributed by atoms with van der Waals surface area (Å²) in [6, 6.07) is 17.1. The predicted octanol–water partition coefficient (Wildman–Crippen LogP) is 4.24. The van der Waals surface area contributed by atoms with Crippen LogP contribution in [0.5, 0.6) is 5.75 Å². The lowest BCUT2D eigenvalue weighted by molar-refractivity contribution is -0.148. The Morgan fingerprint density at radius 1 is 1.10 bits per heavy atom. The summed E-state index contributed by atoms with van der Waals surface area (Å²) in [4.78, 5) is 11.0. The first-order chi connectivity index (χ1) is 9.97. The molecule has 0 aromatic heterocycles. The van der Waals surface area contributed by atoms with Crippen molar-refractivity contribution >= 4 is 17.6 Å². The maximum absolute atomic E-state index is 11.0. The van der Waals surface area contributed by atoms with Gasteiger partial charge in [0.05, 0.1) is 0 Å². The van der Waals surface area contributed by atoms with E-state index in [1.165, 1.54) is 6.92 Å². The molecule has 0 amide bonds. The van der Waals surface area contributed by atoms with Gasteiger partial charge in [0.2, 0.25) is 5.06 Å². The monoisotopic (exact) mass is 304 g/mol. The van der Waals surface area contributed by atoms with Crippen molar-refractivity contribution in [2.75, 3.05) is 0 Å². The summed E-state index contributed by atoms with van der Waals surface area (Å²) >= 11 is 6.20. The van der Waals surface area contributed by atoms with E-state index in [-0.39, 0.29) is 0 Å². The van der Waals surface area contributed by atoms with Crippen LogP contribution in [0.4, 0.5) is 0 Å². The molecule has 0 aliphatic carbocycles. The number of benzene rings is 2. The molecule has 0 spiro atoms. The summed E-state index contributed by atoms with van der Waals surface area (Å²) in [5.74, 6) is 0.315. The zero-order chi connectivity index (χ0) is 15.3. The largest absolute Gasteiger partial charge is 0.489 e. The van der Waals surface area contributed by atoms with Crippen molar-refractivity contribution in [3.63, 3.8) is 0 Å². The summed E-state index contributed by atoms with van der Waals surface area (Å²) in [6.45, 7) is 3.47.